The molecule has 0 radical (unpaired) electrons. The van der Waals surface area contributed by atoms with Gasteiger partial charge in [0.25, 0.3) is 0 Å². The van der Waals surface area contributed by atoms with E-state index in [9.17, 15) is 0 Å². The highest BCUT2D eigenvalue weighted by molar-refractivity contribution is 4.76. The Morgan fingerprint density at radius 2 is 1.89 bits per heavy atom. The first-order valence-corrected chi connectivity index (χ1v) is 7.98. The average molecular weight is 255 g/mol. The molecule has 1 unspecified atom stereocenters. The quantitative estimate of drug-likeness (QED) is 0.637. The highest BCUT2D eigenvalue weighted by Gasteiger charge is 2.19. The van der Waals surface area contributed by atoms with Crippen molar-refractivity contribution in [3.63, 3.8) is 0 Å². The van der Waals surface area contributed by atoms with Gasteiger partial charge in [0.2, 0.25) is 0 Å². The Balaban J connectivity index is 2.06. The van der Waals surface area contributed by atoms with E-state index in [0.29, 0.717) is 0 Å². The van der Waals surface area contributed by atoms with Crippen molar-refractivity contribution in [3.8, 4) is 0 Å². The minimum Gasteiger partial charge on any atom is -0.314 e. The highest BCUT2D eigenvalue weighted by atomic mass is 15.2. The van der Waals surface area contributed by atoms with E-state index in [1.54, 1.807) is 0 Å². The Morgan fingerprint density at radius 3 is 2.56 bits per heavy atom. The molecular formula is C15H33N3. The normalized spacial score (nSPS) is 21.7. The van der Waals surface area contributed by atoms with E-state index in [1.807, 2.05) is 0 Å². The van der Waals surface area contributed by atoms with Crippen LogP contribution in [-0.4, -0.2) is 61.7 Å². The molecule has 0 amide bonds. The van der Waals surface area contributed by atoms with Gasteiger partial charge in [-0.3, -0.25) is 4.90 Å². The zero-order chi connectivity index (χ0) is 13.2. The zero-order valence-corrected chi connectivity index (χ0v) is 12.7. The fourth-order valence-electron chi connectivity index (χ4n) is 2.94. The molecule has 1 rings (SSSR count). The van der Waals surface area contributed by atoms with Gasteiger partial charge in [-0.1, -0.05) is 27.2 Å². The van der Waals surface area contributed by atoms with Crippen LogP contribution in [-0.2, 0) is 0 Å². The van der Waals surface area contributed by atoms with E-state index in [-0.39, 0.29) is 0 Å². The fraction of sp³-hybridized carbons (Fsp3) is 1.00. The van der Waals surface area contributed by atoms with Crippen molar-refractivity contribution in [2.45, 2.75) is 52.5 Å². The van der Waals surface area contributed by atoms with E-state index in [1.165, 1.54) is 58.4 Å². The number of likely N-dealkylation sites (tertiary alicyclic amines) is 1. The summed E-state index contributed by atoms with van der Waals surface area (Å²) in [5.41, 5.74) is 0. The Kier molecular flexibility index (Phi) is 8.64. The van der Waals surface area contributed by atoms with Gasteiger partial charge in [-0.25, -0.2) is 0 Å². The molecule has 1 aliphatic heterocycles. The number of likely N-dealkylation sites (N-methyl/N-ethyl adjacent to an activating group) is 1. The van der Waals surface area contributed by atoms with E-state index in [2.05, 4.69) is 35.9 Å². The smallest absolute Gasteiger partial charge is 0.0110 e. The molecule has 0 aromatic rings. The summed E-state index contributed by atoms with van der Waals surface area (Å²) in [6.45, 7) is 15.2. The van der Waals surface area contributed by atoms with Crippen molar-refractivity contribution in [1.29, 1.82) is 0 Å². The molecule has 108 valence electrons. The van der Waals surface area contributed by atoms with E-state index >= 15 is 0 Å². The van der Waals surface area contributed by atoms with Gasteiger partial charge in [0, 0.05) is 32.2 Å². The number of hydrogen-bond acceptors (Lipinski definition) is 3. The Hall–Kier alpha value is -0.120. The van der Waals surface area contributed by atoms with Crippen LogP contribution in [0.3, 0.4) is 0 Å². The maximum Gasteiger partial charge on any atom is 0.0110 e. The van der Waals surface area contributed by atoms with Crippen molar-refractivity contribution in [2.75, 3.05) is 45.8 Å². The van der Waals surface area contributed by atoms with Crippen molar-refractivity contribution in [2.24, 2.45) is 0 Å². The molecule has 0 spiro atoms. The van der Waals surface area contributed by atoms with Crippen molar-refractivity contribution >= 4 is 0 Å². The predicted octanol–water partition coefficient (Wildman–Crippen LogP) is 2.18. The van der Waals surface area contributed by atoms with E-state index in [4.69, 9.17) is 0 Å². The Labute approximate surface area is 114 Å². The molecule has 1 N–H and O–H groups in total. The van der Waals surface area contributed by atoms with Crippen LogP contribution in [0.25, 0.3) is 0 Å². The van der Waals surface area contributed by atoms with Crippen LogP contribution in [0.15, 0.2) is 0 Å². The van der Waals surface area contributed by atoms with Gasteiger partial charge >= 0.3 is 0 Å². The van der Waals surface area contributed by atoms with Crippen LogP contribution >= 0.6 is 0 Å². The molecular weight excluding hydrogens is 222 g/mol. The number of piperidine rings is 1. The van der Waals surface area contributed by atoms with Gasteiger partial charge in [0.15, 0.2) is 0 Å². The van der Waals surface area contributed by atoms with Crippen LogP contribution in [0.1, 0.15) is 46.5 Å². The Bertz CT molecular complexity index is 192. The lowest BCUT2D eigenvalue weighted by molar-refractivity contribution is 0.144. The van der Waals surface area contributed by atoms with Crippen LogP contribution < -0.4 is 5.32 Å². The molecule has 0 saturated carbocycles. The minimum atomic E-state index is 0.850. The lowest BCUT2D eigenvalue weighted by Crippen LogP contribution is -2.43. The first kappa shape index (κ1) is 15.9. The second-order valence-electron chi connectivity index (χ2n) is 5.37. The summed E-state index contributed by atoms with van der Waals surface area (Å²) in [5, 5.41) is 3.59. The van der Waals surface area contributed by atoms with Crippen LogP contribution in [0.2, 0.25) is 0 Å². The van der Waals surface area contributed by atoms with Gasteiger partial charge in [-0.15, -0.1) is 0 Å². The molecule has 3 heteroatoms. The second-order valence-corrected chi connectivity index (χ2v) is 5.37. The first-order chi connectivity index (χ1) is 8.81. The largest absolute Gasteiger partial charge is 0.314 e. The minimum absolute atomic E-state index is 0.850. The third-order valence-corrected chi connectivity index (χ3v) is 4.30. The number of nitrogens with zero attached hydrogens (tertiary/aromatic N) is 2. The predicted molar refractivity (Wildman–Crippen MR) is 80.2 cm³/mol. The van der Waals surface area contributed by atoms with Gasteiger partial charge in [0.05, 0.1) is 0 Å². The molecule has 1 saturated heterocycles. The summed E-state index contributed by atoms with van der Waals surface area (Å²) >= 11 is 0. The maximum atomic E-state index is 3.59. The Morgan fingerprint density at radius 1 is 1.11 bits per heavy atom. The SMILES string of the molecule is CCC1CCCCN1CCNCCN(CC)CC. The van der Waals surface area contributed by atoms with E-state index < -0.39 is 0 Å². The molecule has 0 aliphatic carbocycles. The number of hydrogen-bond donors (Lipinski definition) is 1. The average Bonchev–Trinajstić information content (AvgIpc) is 2.43. The fourth-order valence-corrected chi connectivity index (χ4v) is 2.94. The molecule has 0 bridgehead atoms. The van der Waals surface area contributed by atoms with Crippen molar-refractivity contribution in [1.82, 2.24) is 15.1 Å². The highest BCUT2D eigenvalue weighted by Crippen LogP contribution is 2.18. The standard InChI is InChI=1S/C15H33N3/c1-4-15-9-7-8-12-18(15)14-11-16-10-13-17(5-2)6-3/h15-16H,4-14H2,1-3H3. The van der Waals surface area contributed by atoms with Gasteiger partial charge in [-0.2, -0.15) is 0 Å². The lowest BCUT2D eigenvalue weighted by Gasteiger charge is -2.35. The molecule has 18 heavy (non-hydrogen) atoms. The topological polar surface area (TPSA) is 18.5 Å². The molecule has 1 fully saturated rings. The molecule has 0 aromatic heterocycles. The van der Waals surface area contributed by atoms with Gasteiger partial charge in [0.1, 0.15) is 0 Å². The molecule has 1 heterocycles. The summed E-state index contributed by atoms with van der Waals surface area (Å²) < 4.78 is 0. The maximum absolute atomic E-state index is 3.59. The number of rotatable bonds is 9. The lowest BCUT2D eigenvalue weighted by atomic mass is 10.0. The van der Waals surface area contributed by atoms with Gasteiger partial charge < -0.3 is 10.2 Å². The van der Waals surface area contributed by atoms with Crippen LogP contribution in [0, 0.1) is 0 Å². The van der Waals surface area contributed by atoms with Crippen LogP contribution in [0.4, 0.5) is 0 Å². The molecule has 3 nitrogen and oxygen atoms in total. The summed E-state index contributed by atoms with van der Waals surface area (Å²) in [5.74, 6) is 0. The third kappa shape index (κ3) is 5.68. The van der Waals surface area contributed by atoms with E-state index in [0.717, 1.165) is 19.1 Å². The summed E-state index contributed by atoms with van der Waals surface area (Å²) in [6, 6.07) is 0.850. The summed E-state index contributed by atoms with van der Waals surface area (Å²) in [6.07, 6.45) is 5.57. The van der Waals surface area contributed by atoms with Crippen molar-refractivity contribution in [3.05, 3.63) is 0 Å². The number of nitrogens with one attached hydrogen (secondary N) is 1. The second kappa shape index (κ2) is 9.76. The summed E-state index contributed by atoms with van der Waals surface area (Å²) in [7, 11) is 0. The zero-order valence-electron chi connectivity index (χ0n) is 12.7. The molecule has 0 aromatic carbocycles. The molecule has 1 aliphatic rings. The van der Waals surface area contributed by atoms with Gasteiger partial charge in [-0.05, 0) is 38.9 Å². The first-order valence-electron chi connectivity index (χ1n) is 7.98. The monoisotopic (exact) mass is 255 g/mol. The summed E-state index contributed by atoms with van der Waals surface area (Å²) in [4.78, 5) is 5.16. The third-order valence-electron chi connectivity index (χ3n) is 4.30. The van der Waals surface area contributed by atoms with Crippen LogP contribution in [0.5, 0.6) is 0 Å². The van der Waals surface area contributed by atoms with Crippen molar-refractivity contribution < 1.29 is 0 Å². The molecule has 1 atom stereocenters.